The van der Waals surface area contributed by atoms with Crippen LogP contribution in [0.4, 0.5) is 0 Å². The lowest BCUT2D eigenvalue weighted by atomic mass is 10.2. The molecule has 0 aliphatic carbocycles. The highest BCUT2D eigenvalue weighted by atomic mass is 79.9. The fourth-order valence-electron chi connectivity index (χ4n) is 1.60. The van der Waals surface area contributed by atoms with E-state index < -0.39 is 0 Å². The van der Waals surface area contributed by atoms with Crippen molar-refractivity contribution in [1.82, 2.24) is 5.32 Å². The summed E-state index contributed by atoms with van der Waals surface area (Å²) in [5.74, 6) is 1.29. The predicted molar refractivity (Wildman–Crippen MR) is 75.2 cm³/mol. The van der Waals surface area contributed by atoms with Crippen LogP contribution in [0.25, 0.3) is 0 Å². The molecule has 19 heavy (non-hydrogen) atoms. The summed E-state index contributed by atoms with van der Waals surface area (Å²) >= 11 is 3.38. The average molecular weight is 324 g/mol. The SMILES string of the molecule is CCOc1ccc(C(=O)NCc2ccco2)cc1Br. The second kappa shape index (κ2) is 6.43. The molecule has 2 aromatic rings. The van der Waals surface area contributed by atoms with Crippen LogP contribution in [-0.4, -0.2) is 12.5 Å². The molecular weight excluding hydrogens is 310 g/mol. The Balaban J connectivity index is 2.01. The van der Waals surface area contributed by atoms with Crippen molar-refractivity contribution < 1.29 is 13.9 Å². The minimum absolute atomic E-state index is 0.153. The number of hydrogen-bond acceptors (Lipinski definition) is 3. The van der Waals surface area contributed by atoms with Gasteiger partial charge in [-0.15, -0.1) is 0 Å². The van der Waals surface area contributed by atoms with E-state index in [1.165, 1.54) is 0 Å². The lowest BCUT2D eigenvalue weighted by Gasteiger charge is -2.08. The maximum atomic E-state index is 11.9. The molecule has 100 valence electrons. The van der Waals surface area contributed by atoms with E-state index >= 15 is 0 Å². The largest absolute Gasteiger partial charge is 0.493 e. The molecule has 0 aliphatic rings. The van der Waals surface area contributed by atoms with E-state index in [1.807, 2.05) is 13.0 Å². The topological polar surface area (TPSA) is 51.5 Å². The van der Waals surface area contributed by atoms with Crippen LogP contribution < -0.4 is 10.1 Å². The fraction of sp³-hybridized carbons (Fsp3) is 0.214. The molecule has 0 saturated heterocycles. The van der Waals surface area contributed by atoms with Gasteiger partial charge >= 0.3 is 0 Å². The van der Waals surface area contributed by atoms with Gasteiger partial charge in [-0.1, -0.05) is 0 Å². The monoisotopic (exact) mass is 323 g/mol. The molecule has 4 nitrogen and oxygen atoms in total. The normalized spacial score (nSPS) is 10.2. The Labute approximate surface area is 119 Å². The number of halogens is 1. The van der Waals surface area contributed by atoms with Crippen LogP contribution in [0.2, 0.25) is 0 Å². The van der Waals surface area contributed by atoms with Crippen LogP contribution in [0.1, 0.15) is 23.0 Å². The zero-order chi connectivity index (χ0) is 13.7. The van der Waals surface area contributed by atoms with E-state index in [2.05, 4.69) is 21.2 Å². The zero-order valence-electron chi connectivity index (χ0n) is 10.5. The standard InChI is InChI=1S/C14H14BrNO3/c1-2-18-13-6-5-10(8-12(13)15)14(17)16-9-11-4-3-7-19-11/h3-8H,2,9H2,1H3,(H,16,17). The van der Waals surface area contributed by atoms with Crippen LogP contribution in [0.15, 0.2) is 45.5 Å². The highest BCUT2D eigenvalue weighted by molar-refractivity contribution is 9.10. The Morgan fingerprint density at radius 2 is 2.26 bits per heavy atom. The van der Waals surface area contributed by atoms with Crippen LogP contribution in [-0.2, 0) is 6.54 Å². The molecular formula is C14H14BrNO3. The number of rotatable bonds is 5. The smallest absolute Gasteiger partial charge is 0.251 e. The number of carbonyl (C=O) groups is 1. The maximum Gasteiger partial charge on any atom is 0.251 e. The van der Waals surface area contributed by atoms with Crippen molar-refractivity contribution in [2.24, 2.45) is 0 Å². The van der Waals surface area contributed by atoms with Gasteiger partial charge in [-0.25, -0.2) is 0 Å². The fourth-order valence-corrected chi connectivity index (χ4v) is 2.09. The second-order valence-corrected chi connectivity index (χ2v) is 4.69. The Morgan fingerprint density at radius 1 is 1.42 bits per heavy atom. The van der Waals surface area contributed by atoms with Crippen molar-refractivity contribution in [2.45, 2.75) is 13.5 Å². The Kier molecular flexibility index (Phi) is 4.63. The Hall–Kier alpha value is -1.75. The third kappa shape index (κ3) is 3.61. The molecule has 0 bridgehead atoms. The summed E-state index contributed by atoms with van der Waals surface area (Å²) in [6.07, 6.45) is 1.58. The van der Waals surface area contributed by atoms with E-state index in [4.69, 9.17) is 9.15 Å². The molecule has 1 amide bonds. The number of furan rings is 1. The summed E-state index contributed by atoms with van der Waals surface area (Å²) in [4.78, 5) is 11.9. The van der Waals surface area contributed by atoms with Crippen molar-refractivity contribution in [3.63, 3.8) is 0 Å². The van der Waals surface area contributed by atoms with Gasteiger partial charge in [0.2, 0.25) is 0 Å². The summed E-state index contributed by atoms with van der Waals surface area (Å²) in [5, 5.41) is 2.79. The lowest BCUT2D eigenvalue weighted by Crippen LogP contribution is -2.22. The quantitative estimate of drug-likeness (QED) is 0.917. The minimum Gasteiger partial charge on any atom is -0.493 e. The third-order valence-electron chi connectivity index (χ3n) is 2.50. The molecule has 1 aromatic heterocycles. The van der Waals surface area contributed by atoms with Gasteiger partial charge in [-0.2, -0.15) is 0 Å². The van der Waals surface area contributed by atoms with Gasteiger partial charge in [0.05, 0.1) is 23.9 Å². The molecule has 1 heterocycles. The minimum atomic E-state index is -0.153. The zero-order valence-corrected chi connectivity index (χ0v) is 12.1. The molecule has 0 spiro atoms. The number of amides is 1. The van der Waals surface area contributed by atoms with Gasteiger partial charge in [-0.05, 0) is 53.2 Å². The molecule has 0 atom stereocenters. The average Bonchev–Trinajstić information content (AvgIpc) is 2.91. The van der Waals surface area contributed by atoms with Gasteiger partial charge in [-0.3, -0.25) is 4.79 Å². The Morgan fingerprint density at radius 3 is 2.89 bits per heavy atom. The van der Waals surface area contributed by atoms with E-state index in [-0.39, 0.29) is 5.91 Å². The van der Waals surface area contributed by atoms with Crippen molar-refractivity contribution in [3.8, 4) is 5.75 Å². The van der Waals surface area contributed by atoms with Crippen LogP contribution >= 0.6 is 15.9 Å². The van der Waals surface area contributed by atoms with Gasteiger partial charge < -0.3 is 14.5 Å². The van der Waals surface area contributed by atoms with Gasteiger partial charge in [0.1, 0.15) is 11.5 Å². The predicted octanol–water partition coefficient (Wildman–Crippen LogP) is 3.37. The molecule has 0 unspecified atom stereocenters. The summed E-state index contributed by atoms with van der Waals surface area (Å²) in [6.45, 7) is 2.87. The number of nitrogens with one attached hydrogen (secondary N) is 1. The highest BCUT2D eigenvalue weighted by Crippen LogP contribution is 2.25. The second-order valence-electron chi connectivity index (χ2n) is 3.84. The molecule has 1 aromatic carbocycles. The first-order chi connectivity index (χ1) is 9.20. The molecule has 1 N–H and O–H groups in total. The van der Waals surface area contributed by atoms with E-state index in [1.54, 1.807) is 30.5 Å². The molecule has 0 saturated carbocycles. The molecule has 5 heteroatoms. The highest BCUT2D eigenvalue weighted by Gasteiger charge is 2.09. The first-order valence-corrected chi connectivity index (χ1v) is 6.73. The van der Waals surface area contributed by atoms with Crippen molar-refractivity contribution >= 4 is 21.8 Å². The number of hydrogen-bond donors (Lipinski definition) is 1. The van der Waals surface area contributed by atoms with Gasteiger partial charge in [0, 0.05) is 5.56 Å². The van der Waals surface area contributed by atoms with Crippen LogP contribution in [0, 0.1) is 0 Å². The van der Waals surface area contributed by atoms with Gasteiger partial charge in [0.25, 0.3) is 5.91 Å². The van der Waals surface area contributed by atoms with E-state index in [0.29, 0.717) is 18.7 Å². The third-order valence-corrected chi connectivity index (χ3v) is 3.12. The summed E-state index contributed by atoms with van der Waals surface area (Å²) in [5.41, 5.74) is 0.571. The summed E-state index contributed by atoms with van der Waals surface area (Å²) < 4.78 is 11.3. The number of carbonyl (C=O) groups excluding carboxylic acids is 1. The van der Waals surface area contributed by atoms with Crippen molar-refractivity contribution in [2.75, 3.05) is 6.61 Å². The Bertz CT molecular complexity index is 552. The van der Waals surface area contributed by atoms with Gasteiger partial charge in [0.15, 0.2) is 0 Å². The first-order valence-electron chi connectivity index (χ1n) is 5.93. The summed E-state index contributed by atoms with van der Waals surface area (Å²) in [7, 11) is 0. The van der Waals surface area contributed by atoms with Crippen LogP contribution in [0.3, 0.4) is 0 Å². The maximum absolute atomic E-state index is 11.9. The van der Waals surface area contributed by atoms with Crippen LogP contribution in [0.5, 0.6) is 5.75 Å². The van der Waals surface area contributed by atoms with Crippen molar-refractivity contribution in [3.05, 3.63) is 52.4 Å². The lowest BCUT2D eigenvalue weighted by molar-refractivity contribution is 0.0948. The molecule has 2 rings (SSSR count). The number of ether oxygens (including phenoxy) is 1. The van der Waals surface area contributed by atoms with Crippen molar-refractivity contribution in [1.29, 1.82) is 0 Å². The number of benzene rings is 1. The molecule has 0 aliphatic heterocycles. The summed E-state index contributed by atoms with van der Waals surface area (Å²) in [6, 6.07) is 8.84. The molecule has 0 radical (unpaired) electrons. The van der Waals surface area contributed by atoms with E-state index in [0.717, 1.165) is 16.0 Å². The van der Waals surface area contributed by atoms with E-state index in [9.17, 15) is 4.79 Å². The molecule has 0 fully saturated rings. The first kappa shape index (κ1) is 13.7.